The fourth-order valence-corrected chi connectivity index (χ4v) is 6.08. The van der Waals surface area contributed by atoms with Crippen molar-refractivity contribution in [3.8, 4) is 0 Å². The summed E-state index contributed by atoms with van der Waals surface area (Å²) < 4.78 is 28.0. The molecule has 3 aromatic rings. The largest absolute Gasteiger partial charge is 0.347 e. The lowest BCUT2D eigenvalue weighted by Gasteiger charge is -2.22. The molecule has 1 saturated heterocycles. The van der Waals surface area contributed by atoms with E-state index < -0.39 is 10.0 Å². The van der Waals surface area contributed by atoms with E-state index in [9.17, 15) is 8.42 Å². The van der Waals surface area contributed by atoms with Gasteiger partial charge in [0.25, 0.3) is 0 Å². The van der Waals surface area contributed by atoms with Gasteiger partial charge in [0.2, 0.25) is 10.0 Å². The first-order valence-corrected chi connectivity index (χ1v) is 11.2. The average molecular weight is 403 g/mol. The molecule has 0 atom stereocenters. The van der Waals surface area contributed by atoms with Crippen molar-refractivity contribution in [2.45, 2.75) is 25.2 Å². The van der Waals surface area contributed by atoms with Gasteiger partial charge >= 0.3 is 0 Å². The first-order chi connectivity index (χ1) is 12.9. The zero-order valence-electron chi connectivity index (χ0n) is 15.4. The first kappa shape index (κ1) is 18.3. The van der Waals surface area contributed by atoms with Crippen LogP contribution < -0.4 is 4.90 Å². The second-order valence-electron chi connectivity index (χ2n) is 6.84. The van der Waals surface area contributed by atoms with Crippen molar-refractivity contribution in [3.63, 3.8) is 0 Å². The summed E-state index contributed by atoms with van der Waals surface area (Å²) in [7, 11) is -3.49. The van der Waals surface area contributed by atoms with Gasteiger partial charge in [-0.3, -0.25) is 0 Å². The molecule has 1 aromatic carbocycles. The Bertz CT molecular complexity index is 1050. The maximum Gasteiger partial charge on any atom is 0.243 e. The number of sulfonamides is 1. The van der Waals surface area contributed by atoms with Crippen LogP contribution in [0.1, 0.15) is 17.5 Å². The van der Waals surface area contributed by atoms with Crippen molar-refractivity contribution in [3.05, 3.63) is 47.7 Å². The standard InChI is InChI=1S/C19H22N4O2S2/c1-14-6-7-15(2)17(13-14)27(24,25)23-10-4-9-22(11-12-23)19-21-16-5-3-8-20-18(16)26-19/h3,5-8,13H,4,9-12H2,1-2H3. The van der Waals surface area contributed by atoms with Crippen LogP contribution in [0.5, 0.6) is 0 Å². The van der Waals surface area contributed by atoms with Gasteiger partial charge in [-0.2, -0.15) is 4.31 Å². The zero-order valence-corrected chi connectivity index (χ0v) is 17.1. The monoisotopic (exact) mass is 402 g/mol. The Balaban J connectivity index is 1.56. The Morgan fingerprint density at radius 3 is 2.74 bits per heavy atom. The van der Waals surface area contributed by atoms with Gasteiger partial charge in [0.1, 0.15) is 10.3 Å². The van der Waals surface area contributed by atoms with Crippen LogP contribution in [0.15, 0.2) is 41.4 Å². The summed E-state index contributed by atoms with van der Waals surface area (Å²) >= 11 is 1.56. The van der Waals surface area contributed by atoms with Gasteiger partial charge in [0.15, 0.2) is 5.13 Å². The molecule has 0 radical (unpaired) electrons. The predicted octanol–water partition coefficient (Wildman–Crippen LogP) is 3.21. The van der Waals surface area contributed by atoms with Crippen LogP contribution in [0.25, 0.3) is 10.3 Å². The van der Waals surface area contributed by atoms with Crippen LogP contribution in [0, 0.1) is 13.8 Å². The number of aryl methyl sites for hydroxylation is 2. The van der Waals surface area contributed by atoms with E-state index in [1.165, 1.54) is 0 Å². The summed E-state index contributed by atoms with van der Waals surface area (Å²) in [6, 6.07) is 9.43. The fourth-order valence-electron chi connectivity index (χ4n) is 3.34. The number of benzene rings is 1. The molecule has 4 rings (SSSR count). The predicted molar refractivity (Wildman–Crippen MR) is 109 cm³/mol. The highest BCUT2D eigenvalue weighted by atomic mass is 32.2. The maximum absolute atomic E-state index is 13.2. The molecule has 0 bridgehead atoms. The SMILES string of the molecule is Cc1ccc(C)c(S(=O)(=O)N2CCCN(c3nc4cccnc4s3)CC2)c1. The number of nitrogens with zero attached hydrogens (tertiary/aromatic N) is 4. The molecule has 8 heteroatoms. The van der Waals surface area contributed by atoms with Crippen LogP contribution >= 0.6 is 11.3 Å². The lowest BCUT2D eigenvalue weighted by atomic mass is 10.2. The number of aromatic nitrogens is 2. The van der Waals surface area contributed by atoms with Gasteiger partial charge in [0, 0.05) is 32.4 Å². The van der Waals surface area contributed by atoms with E-state index in [2.05, 4.69) is 14.9 Å². The Hall–Kier alpha value is -2.03. The topological polar surface area (TPSA) is 66.4 Å². The van der Waals surface area contributed by atoms with Crippen LogP contribution in [0.3, 0.4) is 0 Å². The molecule has 2 aromatic heterocycles. The van der Waals surface area contributed by atoms with E-state index in [4.69, 9.17) is 0 Å². The third-order valence-corrected chi connectivity index (χ3v) is 7.92. The number of pyridine rings is 1. The van der Waals surface area contributed by atoms with E-state index in [1.54, 1.807) is 27.9 Å². The second-order valence-corrected chi connectivity index (χ2v) is 9.70. The minimum absolute atomic E-state index is 0.417. The van der Waals surface area contributed by atoms with Crippen molar-refractivity contribution in [2.24, 2.45) is 0 Å². The maximum atomic E-state index is 13.2. The van der Waals surface area contributed by atoms with E-state index in [-0.39, 0.29) is 0 Å². The Kier molecular flexibility index (Phi) is 4.88. The van der Waals surface area contributed by atoms with Crippen LogP contribution in [0.4, 0.5) is 5.13 Å². The summed E-state index contributed by atoms with van der Waals surface area (Å²) in [5.74, 6) is 0. The minimum Gasteiger partial charge on any atom is -0.347 e. The molecule has 0 aliphatic carbocycles. The van der Waals surface area contributed by atoms with Crippen LogP contribution in [0.2, 0.25) is 0 Å². The quantitative estimate of drug-likeness (QED) is 0.673. The van der Waals surface area contributed by atoms with Gasteiger partial charge in [-0.1, -0.05) is 23.5 Å². The lowest BCUT2D eigenvalue weighted by molar-refractivity contribution is 0.432. The highest BCUT2D eigenvalue weighted by Gasteiger charge is 2.29. The van der Waals surface area contributed by atoms with E-state index in [0.29, 0.717) is 24.5 Å². The molecule has 1 fully saturated rings. The third-order valence-electron chi connectivity index (χ3n) is 4.84. The molecule has 0 N–H and O–H groups in total. The van der Waals surface area contributed by atoms with Crippen molar-refractivity contribution in [2.75, 3.05) is 31.1 Å². The van der Waals surface area contributed by atoms with Gasteiger partial charge in [-0.05, 0) is 49.6 Å². The smallest absolute Gasteiger partial charge is 0.243 e. The molecule has 6 nitrogen and oxygen atoms in total. The molecule has 142 valence electrons. The summed E-state index contributed by atoms with van der Waals surface area (Å²) in [6.07, 6.45) is 2.54. The summed E-state index contributed by atoms with van der Waals surface area (Å²) in [5, 5.41) is 0.912. The average Bonchev–Trinajstić information content (AvgIpc) is 2.92. The summed E-state index contributed by atoms with van der Waals surface area (Å²) in [6.45, 7) is 6.17. The summed E-state index contributed by atoms with van der Waals surface area (Å²) in [5.41, 5.74) is 2.64. The van der Waals surface area contributed by atoms with Crippen molar-refractivity contribution >= 4 is 36.8 Å². The zero-order chi connectivity index (χ0) is 19.0. The second kappa shape index (κ2) is 7.18. The molecule has 1 aliphatic heterocycles. The molecule has 27 heavy (non-hydrogen) atoms. The van der Waals surface area contributed by atoms with Gasteiger partial charge in [-0.15, -0.1) is 0 Å². The highest BCUT2D eigenvalue weighted by molar-refractivity contribution is 7.89. The fraction of sp³-hybridized carbons (Fsp3) is 0.368. The van der Waals surface area contributed by atoms with Crippen molar-refractivity contribution in [1.82, 2.24) is 14.3 Å². The van der Waals surface area contributed by atoms with Crippen molar-refractivity contribution in [1.29, 1.82) is 0 Å². The number of rotatable bonds is 3. The van der Waals surface area contributed by atoms with Crippen LogP contribution in [-0.2, 0) is 10.0 Å². The minimum atomic E-state index is -3.49. The first-order valence-electron chi connectivity index (χ1n) is 8.99. The third kappa shape index (κ3) is 3.56. The van der Waals surface area contributed by atoms with Gasteiger partial charge in [-0.25, -0.2) is 18.4 Å². The number of thiazole rings is 1. The number of anilines is 1. The highest BCUT2D eigenvalue weighted by Crippen LogP contribution is 2.29. The molecular formula is C19H22N4O2S2. The molecule has 0 unspecified atom stereocenters. The number of fused-ring (bicyclic) bond motifs is 1. The summed E-state index contributed by atoms with van der Waals surface area (Å²) in [4.78, 5) is 12.5. The molecule has 0 saturated carbocycles. The van der Waals surface area contributed by atoms with E-state index in [1.807, 2.05) is 38.1 Å². The molecule has 1 aliphatic rings. The number of hydrogen-bond donors (Lipinski definition) is 0. The number of hydrogen-bond acceptors (Lipinski definition) is 6. The van der Waals surface area contributed by atoms with E-state index in [0.717, 1.165) is 39.6 Å². The van der Waals surface area contributed by atoms with Gasteiger partial charge < -0.3 is 4.90 Å². The van der Waals surface area contributed by atoms with Crippen molar-refractivity contribution < 1.29 is 8.42 Å². The molecule has 0 spiro atoms. The normalized spacial score (nSPS) is 16.6. The Morgan fingerprint density at radius 1 is 1.07 bits per heavy atom. The Labute approximate surface area is 163 Å². The van der Waals surface area contributed by atoms with Crippen LogP contribution in [-0.4, -0.2) is 48.9 Å². The molecule has 3 heterocycles. The molecule has 0 amide bonds. The lowest BCUT2D eigenvalue weighted by Crippen LogP contribution is -2.35. The Morgan fingerprint density at radius 2 is 1.93 bits per heavy atom. The van der Waals surface area contributed by atoms with E-state index >= 15 is 0 Å². The van der Waals surface area contributed by atoms with Gasteiger partial charge in [0.05, 0.1) is 4.90 Å². The molecular weight excluding hydrogens is 380 g/mol.